The maximum Gasteiger partial charge on any atom is 0.325 e. The van der Waals surface area contributed by atoms with Crippen molar-refractivity contribution in [3.05, 3.63) is 0 Å². The lowest BCUT2D eigenvalue weighted by molar-refractivity contribution is -0.141. The summed E-state index contributed by atoms with van der Waals surface area (Å²) in [5.41, 5.74) is 0. The second-order valence-electron chi connectivity index (χ2n) is 5.76. The summed E-state index contributed by atoms with van der Waals surface area (Å²) >= 11 is 0. The summed E-state index contributed by atoms with van der Waals surface area (Å²) in [6.45, 7) is 4.08. The number of carbonyl (C=O) groups is 2. The average Bonchev–Trinajstić information content (AvgIpc) is 2.99. The molecule has 5 nitrogen and oxygen atoms in total. The predicted molar refractivity (Wildman–Crippen MR) is 71.6 cm³/mol. The Morgan fingerprint density at radius 1 is 1.32 bits per heavy atom. The quantitative estimate of drug-likeness (QED) is 0.745. The second kappa shape index (κ2) is 6.26. The van der Waals surface area contributed by atoms with Crippen molar-refractivity contribution in [2.75, 3.05) is 13.2 Å². The van der Waals surface area contributed by atoms with Crippen molar-refractivity contribution in [1.82, 2.24) is 10.6 Å². The molecule has 0 spiro atoms. The minimum Gasteiger partial charge on any atom is -0.465 e. The van der Waals surface area contributed by atoms with Gasteiger partial charge in [0.1, 0.15) is 6.54 Å². The normalized spacial score (nSPS) is 29.9. The number of nitrogens with one attached hydrogen (secondary N) is 2. The van der Waals surface area contributed by atoms with Crippen LogP contribution >= 0.6 is 0 Å². The smallest absolute Gasteiger partial charge is 0.325 e. The lowest BCUT2D eigenvalue weighted by Crippen LogP contribution is -2.46. The molecule has 5 heteroatoms. The molecule has 2 bridgehead atoms. The highest BCUT2D eigenvalue weighted by molar-refractivity contribution is 5.80. The lowest BCUT2D eigenvalue weighted by Gasteiger charge is -2.28. The number of urea groups is 1. The first-order chi connectivity index (χ1) is 9.10. The standard InChI is InChI=1S/C14H24N2O3/c1-3-19-13(17)8-15-14(18)16-9(2)12-7-10-4-5-11(12)6-10/h9-12H,3-8H2,1-2H3,(H2,15,16,18). The van der Waals surface area contributed by atoms with Crippen molar-refractivity contribution in [2.24, 2.45) is 17.8 Å². The molecule has 2 N–H and O–H groups in total. The van der Waals surface area contributed by atoms with Gasteiger partial charge in [0.2, 0.25) is 0 Å². The van der Waals surface area contributed by atoms with Gasteiger partial charge in [-0.25, -0.2) is 4.79 Å². The van der Waals surface area contributed by atoms with Crippen LogP contribution in [-0.2, 0) is 9.53 Å². The highest BCUT2D eigenvalue weighted by atomic mass is 16.5. The molecule has 19 heavy (non-hydrogen) atoms. The van der Waals surface area contributed by atoms with Crippen LogP contribution in [0, 0.1) is 17.8 Å². The van der Waals surface area contributed by atoms with E-state index in [-0.39, 0.29) is 18.6 Å². The summed E-state index contributed by atoms with van der Waals surface area (Å²) in [7, 11) is 0. The van der Waals surface area contributed by atoms with E-state index in [1.54, 1.807) is 6.92 Å². The molecule has 0 aliphatic heterocycles. The van der Waals surface area contributed by atoms with Crippen LogP contribution in [0.25, 0.3) is 0 Å². The van der Waals surface area contributed by atoms with Crippen molar-refractivity contribution in [3.8, 4) is 0 Å². The number of ether oxygens (including phenoxy) is 1. The molecule has 0 aromatic carbocycles. The Hall–Kier alpha value is -1.26. The molecule has 0 aromatic rings. The molecular formula is C14H24N2O3. The summed E-state index contributed by atoms with van der Waals surface area (Å²) < 4.78 is 4.76. The Morgan fingerprint density at radius 3 is 2.68 bits per heavy atom. The Labute approximate surface area is 114 Å². The van der Waals surface area contributed by atoms with Gasteiger partial charge in [-0.3, -0.25) is 4.79 Å². The largest absolute Gasteiger partial charge is 0.465 e. The van der Waals surface area contributed by atoms with E-state index in [1.807, 2.05) is 0 Å². The zero-order valence-electron chi connectivity index (χ0n) is 11.8. The summed E-state index contributed by atoms with van der Waals surface area (Å²) in [5, 5.41) is 5.49. The van der Waals surface area contributed by atoms with Crippen LogP contribution in [0.3, 0.4) is 0 Å². The molecular weight excluding hydrogens is 244 g/mol. The van der Waals surface area contributed by atoms with Crippen molar-refractivity contribution in [3.63, 3.8) is 0 Å². The van der Waals surface area contributed by atoms with Crippen molar-refractivity contribution in [1.29, 1.82) is 0 Å². The van der Waals surface area contributed by atoms with Gasteiger partial charge in [-0.2, -0.15) is 0 Å². The van der Waals surface area contributed by atoms with E-state index in [9.17, 15) is 9.59 Å². The predicted octanol–water partition coefficient (Wildman–Crippen LogP) is 1.67. The fraction of sp³-hybridized carbons (Fsp3) is 0.857. The topological polar surface area (TPSA) is 67.4 Å². The number of esters is 1. The third-order valence-corrected chi connectivity index (χ3v) is 4.49. The number of fused-ring (bicyclic) bond motifs is 2. The number of amides is 2. The number of carbonyl (C=O) groups excluding carboxylic acids is 2. The summed E-state index contributed by atoms with van der Waals surface area (Å²) in [4.78, 5) is 22.8. The molecule has 2 amide bonds. The van der Waals surface area contributed by atoms with Gasteiger partial charge in [-0.1, -0.05) is 6.42 Å². The molecule has 0 saturated heterocycles. The molecule has 0 heterocycles. The van der Waals surface area contributed by atoms with Crippen LogP contribution < -0.4 is 10.6 Å². The van der Waals surface area contributed by atoms with Gasteiger partial charge < -0.3 is 15.4 Å². The van der Waals surface area contributed by atoms with Crippen molar-refractivity contribution in [2.45, 2.75) is 45.6 Å². The first kappa shape index (κ1) is 14.2. The fourth-order valence-corrected chi connectivity index (χ4v) is 3.64. The Balaban J connectivity index is 1.69. The third-order valence-electron chi connectivity index (χ3n) is 4.49. The second-order valence-corrected chi connectivity index (χ2v) is 5.76. The highest BCUT2D eigenvalue weighted by Crippen LogP contribution is 2.49. The van der Waals surface area contributed by atoms with Gasteiger partial charge in [-0.05, 0) is 50.9 Å². The number of hydrogen-bond acceptors (Lipinski definition) is 3. The van der Waals surface area contributed by atoms with Crippen molar-refractivity contribution < 1.29 is 14.3 Å². The molecule has 108 valence electrons. The zero-order valence-corrected chi connectivity index (χ0v) is 11.8. The van der Waals surface area contributed by atoms with Crippen LogP contribution in [0.15, 0.2) is 0 Å². The first-order valence-corrected chi connectivity index (χ1v) is 7.30. The van der Waals surface area contributed by atoms with E-state index >= 15 is 0 Å². The Kier molecular flexibility index (Phi) is 4.66. The molecule has 2 rings (SSSR count). The molecule has 0 aromatic heterocycles. The molecule has 0 radical (unpaired) electrons. The van der Waals surface area contributed by atoms with Gasteiger partial charge in [0, 0.05) is 6.04 Å². The van der Waals surface area contributed by atoms with E-state index in [0.29, 0.717) is 12.5 Å². The Bertz CT molecular complexity index is 346. The number of hydrogen-bond donors (Lipinski definition) is 2. The van der Waals surface area contributed by atoms with Crippen LogP contribution in [0.4, 0.5) is 4.79 Å². The van der Waals surface area contributed by atoms with Gasteiger partial charge in [0.05, 0.1) is 6.61 Å². The summed E-state index contributed by atoms with van der Waals surface area (Å²) in [6, 6.07) is -0.0965. The first-order valence-electron chi connectivity index (χ1n) is 7.30. The fourth-order valence-electron chi connectivity index (χ4n) is 3.64. The molecule has 2 aliphatic rings. The van der Waals surface area contributed by atoms with Gasteiger partial charge in [0.25, 0.3) is 0 Å². The highest BCUT2D eigenvalue weighted by Gasteiger charge is 2.42. The maximum absolute atomic E-state index is 11.7. The molecule has 2 fully saturated rings. The summed E-state index contributed by atoms with van der Waals surface area (Å²) in [6.07, 6.45) is 5.25. The van der Waals surface area contributed by atoms with Crippen LogP contribution in [-0.4, -0.2) is 31.2 Å². The average molecular weight is 268 g/mol. The van der Waals surface area contributed by atoms with E-state index in [2.05, 4.69) is 17.6 Å². The minimum absolute atomic E-state index is 0.0664. The van der Waals surface area contributed by atoms with Crippen LogP contribution in [0.1, 0.15) is 39.5 Å². The molecule has 2 aliphatic carbocycles. The van der Waals surface area contributed by atoms with Gasteiger partial charge >= 0.3 is 12.0 Å². The SMILES string of the molecule is CCOC(=O)CNC(=O)NC(C)C1CC2CCC1C2. The third kappa shape index (κ3) is 3.61. The number of rotatable bonds is 5. The lowest BCUT2D eigenvalue weighted by atomic mass is 9.84. The zero-order chi connectivity index (χ0) is 13.8. The maximum atomic E-state index is 11.7. The Morgan fingerprint density at radius 2 is 2.11 bits per heavy atom. The van der Waals surface area contributed by atoms with Crippen LogP contribution in [0.5, 0.6) is 0 Å². The van der Waals surface area contributed by atoms with E-state index in [4.69, 9.17) is 4.74 Å². The van der Waals surface area contributed by atoms with E-state index in [1.165, 1.54) is 25.7 Å². The monoisotopic (exact) mass is 268 g/mol. The van der Waals surface area contributed by atoms with Crippen LogP contribution in [0.2, 0.25) is 0 Å². The van der Waals surface area contributed by atoms with Gasteiger partial charge in [0.15, 0.2) is 0 Å². The molecule has 2 saturated carbocycles. The van der Waals surface area contributed by atoms with Crippen molar-refractivity contribution >= 4 is 12.0 Å². The molecule has 4 unspecified atom stereocenters. The van der Waals surface area contributed by atoms with E-state index < -0.39 is 5.97 Å². The van der Waals surface area contributed by atoms with E-state index in [0.717, 1.165) is 11.8 Å². The molecule has 4 atom stereocenters. The van der Waals surface area contributed by atoms with Gasteiger partial charge in [-0.15, -0.1) is 0 Å². The minimum atomic E-state index is -0.398. The summed E-state index contributed by atoms with van der Waals surface area (Å²) in [5.74, 6) is 1.87.